The van der Waals surface area contributed by atoms with Crippen molar-refractivity contribution in [3.05, 3.63) is 47.5 Å². The van der Waals surface area contributed by atoms with Crippen molar-refractivity contribution in [2.24, 2.45) is 5.73 Å². The van der Waals surface area contributed by atoms with E-state index in [0.717, 1.165) is 16.3 Å². The topological polar surface area (TPSA) is 63.3 Å². The van der Waals surface area contributed by atoms with E-state index in [0.29, 0.717) is 12.1 Å². The molecule has 0 saturated carbocycles. The smallest absolute Gasteiger partial charge is 0.335 e. The number of carboxylic acid groups (broad SMARTS) is 1. The average molecular weight is 238 g/mol. The Morgan fingerprint density at radius 1 is 1.12 bits per heavy atom. The van der Waals surface area contributed by atoms with Crippen LogP contribution in [0.2, 0.25) is 0 Å². The van der Waals surface area contributed by atoms with E-state index < -0.39 is 5.97 Å². The highest BCUT2D eigenvalue weighted by Crippen LogP contribution is 2.17. The van der Waals surface area contributed by atoms with Crippen LogP contribution in [0.3, 0.4) is 0 Å². The first-order valence-corrected chi connectivity index (χ1v) is 4.67. The minimum Gasteiger partial charge on any atom is -0.478 e. The minimum atomic E-state index is -0.903. The van der Waals surface area contributed by atoms with E-state index in [2.05, 4.69) is 0 Å². The molecule has 0 bridgehead atoms. The molecule has 0 aliphatic carbocycles. The standard InChI is InChI=1S/C12H11NO2.ClH/c13-7-8-1-2-10-6-11(12(14)15)4-3-9(10)5-8;/h1-6H,7,13H2,(H,14,15);1H. The number of nitrogens with two attached hydrogens (primary N) is 1. The Morgan fingerprint density at radius 2 is 1.75 bits per heavy atom. The van der Waals surface area contributed by atoms with E-state index in [1.807, 2.05) is 18.2 Å². The second-order valence-electron chi connectivity index (χ2n) is 3.41. The van der Waals surface area contributed by atoms with Gasteiger partial charge in [0.25, 0.3) is 0 Å². The zero-order chi connectivity index (χ0) is 10.8. The molecule has 0 aliphatic heterocycles. The van der Waals surface area contributed by atoms with Gasteiger partial charge in [0, 0.05) is 6.54 Å². The number of hydrogen-bond donors (Lipinski definition) is 2. The van der Waals surface area contributed by atoms with Gasteiger partial charge in [-0.25, -0.2) is 4.79 Å². The molecular weight excluding hydrogens is 226 g/mol. The summed E-state index contributed by atoms with van der Waals surface area (Å²) < 4.78 is 0. The van der Waals surface area contributed by atoms with Gasteiger partial charge in [0.15, 0.2) is 0 Å². The Balaban J connectivity index is 0.00000128. The molecule has 2 rings (SSSR count). The fraction of sp³-hybridized carbons (Fsp3) is 0.0833. The average Bonchev–Trinajstić information content (AvgIpc) is 2.27. The Hall–Kier alpha value is -1.58. The molecule has 84 valence electrons. The van der Waals surface area contributed by atoms with Gasteiger partial charge in [-0.15, -0.1) is 12.4 Å². The number of benzene rings is 2. The van der Waals surface area contributed by atoms with E-state index in [1.54, 1.807) is 18.2 Å². The fourth-order valence-corrected chi connectivity index (χ4v) is 1.56. The number of fused-ring (bicyclic) bond motifs is 1. The fourth-order valence-electron chi connectivity index (χ4n) is 1.56. The molecule has 0 aliphatic rings. The summed E-state index contributed by atoms with van der Waals surface area (Å²) in [5, 5.41) is 10.8. The third-order valence-electron chi connectivity index (χ3n) is 2.39. The van der Waals surface area contributed by atoms with Crippen LogP contribution in [0.15, 0.2) is 36.4 Å². The van der Waals surface area contributed by atoms with Crippen LogP contribution in [0.4, 0.5) is 0 Å². The van der Waals surface area contributed by atoms with E-state index >= 15 is 0 Å². The van der Waals surface area contributed by atoms with Crippen LogP contribution in [0.25, 0.3) is 10.8 Å². The molecule has 4 heteroatoms. The molecular formula is C12H12ClNO2. The summed E-state index contributed by atoms with van der Waals surface area (Å²) in [5.74, 6) is -0.903. The number of aromatic carboxylic acids is 1. The normalized spacial score (nSPS) is 9.81. The van der Waals surface area contributed by atoms with Crippen molar-refractivity contribution in [2.45, 2.75) is 6.54 Å². The molecule has 2 aromatic rings. The van der Waals surface area contributed by atoms with Crippen LogP contribution < -0.4 is 5.73 Å². The number of rotatable bonds is 2. The number of halogens is 1. The molecule has 3 nitrogen and oxygen atoms in total. The summed E-state index contributed by atoms with van der Waals surface area (Å²) in [7, 11) is 0. The molecule has 0 aromatic heterocycles. The Kier molecular flexibility index (Phi) is 3.88. The van der Waals surface area contributed by atoms with Gasteiger partial charge in [-0.2, -0.15) is 0 Å². The Labute approximate surface area is 99.3 Å². The molecule has 0 radical (unpaired) electrons. The second kappa shape index (κ2) is 4.96. The van der Waals surface area contributed by atoms with Crippen molar-refractivity contribution >= 4 is 29.1 Å². The summed E-state index contributed by atoms with van der Waals surface area (Å²) in [6.45, 7) is 0.497. The van der Waals surface area contributed by atoms with Crippen molar-refractivity contribution in [3.63, 3.8) is 0 Å². The van der Waals surface area contributed by atoms with Crippen molar-refractivity contribution < 1.29 is 9.90 Å². The highest BCUT2D eigenvalue weighted by Gasteiger charge is 2.03. The lowest BCUT2D eigenvalue weighted by atomic mass is 10.0. The maximum absolute atomic E-state index is 10.7. The van der Waals surface area contributed by atoms with Gasteiger partial charge >= 0.3 is 5.97 Å². The Morgan fingerprint density at radius 3 is 2.38 bits per heavy atom. The third kappa shape index (κ3) is 2.32. The second-order valence-corrected chi connectivity index (χ2v) is 3.41. The van der Waals surface area contributed by atoms with E-state index in [4.69, 9.17) is 10.8 Å². The lowest BCUT2D eigenvalue weighted by molar-refractivity contribution is 0.0697. The maximum Gasteiger partial charge on any atom is 0.335 e. The van der Waals surface area contributed by atoms with Crippen molar-refractivity contribution in [1.29, 1.82) is 0 Å². The molecule has 0 spiro atoms. The van der Waals surface area contributed by atoms with Crippen LogP contribution in [-0.4, -0.2) is 11.1 Å². The first-order chi connectivity index (χ1) is 7.20. The lowest BCUT2D eigenvalue weighted by Crippen LogP contribution is -1.97. The predicted octanol–water partition coefficient (Wildman–Crippen LogP) is 2.42. The first kappa shape index (κ1) is 12.5. The van der Waals surface area contributed by atoms with E-state index in [-0.39, 0.29) is 12.4 Å². The molecule has 0 fully saturated rings. The largest absolute Gasteiger partial charge is 0.478 e. The molecule has 0 saturated heterocycles. The summed E-state index contributed by atoms with van der Waals surface area (Å²) >= 11 is 0. The summed E-state index contributed by atoms with van der Waals surface area (Å²) in [6, 6.07) is 10.8. The minimum absolute atomic E-state index is 0. The number of carboxylic acids is 1. The molecule has 0 unspecified atom stereocenters. The molecule has 0 heterocycles. The SMILES string of the molecule is Cl.NCc1ccc2cc(C(=O)O)ccc2c1. The third-order valence-corrected chi connectivity index (χ3v) is 2.39. The van der Waals surface area contributed by atoms with Crippen molar-refractivity contribution in [3.8, 4) is 0 Å². The van der Waals surface area contributed by atoms with Gasteiger partial charge in [0.1, 0.15) is 0 Å². The highest BCUT2D eigenvalue weighted by atomic mass is 35.5. The van der Waals surface area contributed by atoms with Crippen molar-refractivity contribution in [2.75, 3.05) is 0 Å². The highest BCUT2D eigenvalue weighted by molar-refractivity contribution is 5.94. The summed E-state index contributed by atoms with van der Waals surface area (Å²) in [6.07, 6.45) is 0. The predicted molar refractivity (Wildman–Crippen MR) is 66.0 cm³/mol. The maximum atomic E-state index is 10.7. The number of carbonyl (C=O) groups is 1. The summed E-state index contributed by atoms with van der Waals surface area (Å²) in [4.78, 5) is 10.7. The first-order valence-electron chi connectivity index (χ1n) is 4.67. The van der Waals surface area contributed by atoms with Crippen molar-refractivity contribution in [1.82, 2.24) is 0 Å². The van der Waals surface area contributed by atoms with Gasteiger partial charge in [-0.05, 0) is 34.5 Å². The monoisotopic (exact) mass is 237 g/mol. The van der Waals surface area contributed by atoms with Gasteiger partial charge < -0.3 is 10.8 Å². The summed E-state index contributed by atoms with van der Waals surface area (Å²) in [5.41, 5.74) is 6.88. The molecule has 2 aromatic carbocycles. The van der Waals surface area contributed by atoms with Gasteiger partial charge in [-0.3, -0.25) is 0 Å². The molecule has 0 atom stereocenters. The molecule has 3 N–H and O–H groups in total. The van der Waals surface area contributed by atoms with Crippen LogP contribution in [0.1, 0.15) is 15.9 Å². The van der Waals surface area contributed by atoms with Crippen LogP contribution in [0, 0.1) is 0 Å². The molecule has 0 amide bonds. The number of hydrogen-bond acceptors (Lipinski definition) is 2. The van der Waals surface area contributed by atoms with Gasteiger partial charge in [0.05, 0.1) is 5.56 Å². The van der Waals surface area contributed by atoms with Crippen LogP contribution >= 0.6 is 12.4 Å². The van der Waals surface area contributed by atoms with Gasteiger partial charge in [0.2, 0.25) is 0 Å². The lowest BCUT2D eigenvalue weighted by Gasteiger charge is -2.02. The van der Waals surface area contributed by atoms with Gasteiger partial charge in [-0.1, -0.05) is 18.2 Å². The van der Waals surface area contributed by atoms with E-state index in [9.17, 15) is 4.79 Å². The van der Waals surface area contributed by atoms with Crippen LogP contribution in [-0.2, 0) is 6.54 Å². The van der Waals surface area contributed by atoms with Crippen LogP contribution in [0.5, 0.6) is 0 Å². The zero-order valence-electron chi connectivity index (χ0n) is 8.51. The Bertz CT molecular complexity index is 525. The quantitative estimate of drug-likeness (QED) is 0.843. The zero-order valence-corrected chi connectivity index (χ0v) is 9.33. The molecule has 16 heavy (non-hydrogen) atoms. The van der Waals surface area contributed by atoms with E-state index in [1.165, 1.54) is 0 Å².